The number of nitrogens with one attached hydrogen (secondary N) is 3. The Morgan fingerprint density at radius 2 is 1.78 bits per heavy atom. The van der Waals surface area contributed by atoms with Crippen LogP contribution in [0.15, 0.2) is 71.1 Å². The van der Waals surface area contributed by atoms with Gasteiger partial charge in [-0.3, -0.25) is 4.79 Å². The van der Waals surface area contributed by atoms with Gasteiger partial charge in [-0.05, 0) is 54.0 Å². The summed E-state index contributed by atoms with van der Waals surface area (Å²) in [5.41, 5.74) is 3.48. The molecule has 2 aliphatic heterocycles. The number of carbonyl (C=O) groups excluding carboxylic acids is 1. The van der Waals surface area contributed by atoms with Crippen molar-refractivity contribution in [3.63, 3.8) is 0 Å². The van der Waals surface area contributed by atoms with E-state index in [1.165, 1.54) is 0 Å². The van der Waals surface area contributed by atoms with Crippen LogP contribution in [0.5, 0.6) is 0 Å². The number of amides is 1. The lowest BCUT2D eigenvalue weighted by atomic mass is 10.1. The van der Waals surface area contributed by atoms with E-state index in [2.05, 4.69) is 16.0 Å². The number of aliphatic hydroxyl groups is 1. The molecular formula is C29H46Cl2N4O2. The number of hydrogen-bond donors (Lipinski definition) is 4. The molecule has 1 aromatic rings. The van der Waals surface area contributed by atoms with Crippen molar-refractivity contribution in [3.8, 4) is 0 Å². The van der Waals surface area contributed by atoms with Crippen LogP contribution in [0, 0.1) is 0 Å². The lowest BCUT2D eigenvalue weighted by Gasteiger charge is -2.20. The molecule has 3 rings (SSSR count). The minimum Gasteiger partial charge on any atom is -0.387 e. The normalized spacial score (nSPS) is 16.3. The molecule has 2 atom stereocenters. The van der Waals surface area contributed by atoms with Crippen LogP contribution in [0.3, 0.4) is 0 Å². The summed E-state index contributed by atoms with van der Waals surface area (Å²) < 4.78 is 0. The minimum atomic E-state index is -0.552. The molecule has 0 saturated carbocycles. The zero-order valence-electron chi connectivity index (χ0n) is 23.4. The first-order valence-corrected chi connectivity index (χ1v) is 14.0. The first-order valence-electron chi connectivity index (χ1n) is 13.2. The fraction of sp³-hybridized carbons (Fsp3) is 0.483. The molecule has 2 unspecified atom stereocenters. The Morgan fingerprint density at radius 1 is 1.14 bits per heavy atom. The first-order chi connectivity index (χ1) is 17.9. The highest BCUT2D eigenvalue weighted by molar-refractivity contribution is 6.29. The third-order valence-electron chi connectivity index (χ3n) is 5.14. The number of aliphatic hydroxyl groups excluding tert-OH is 1. The summed E-state index contributed by atoms with van der Waals surface area (Å²) in [6.07, 6.45) is 9.47. The van der Waals surface area contributed by atoms with Crippen molar-refractivity contribution in [1.29, 1.82) is 0 Å². The topological polar surface area (TPSA) is 76.6 Å². The van der Waals surface area contributed by atoms with E-state index in [-0.39, 0.29) is 11.4 Å². The van der Waals surface area contributed by atoms with Crippen LogP contribution in [0.1, 0.15) is 57.5 Å². The van der Waals surface area contributed by atoms with Gasteiger partial charge in [0.15, 0.2) is 0 Å². The second-order valence-electron chi connectivity index (χ2n) is 7.58. The van der Waals surface area contributed by atoms with E-state index in [4.69, 9.17) is 23.2 Å². The molecule has 0 bridgehead atoms. The van der Waals surface area contributed by atoms with Gasteiger partial charge >= 0.3 is 0 Å². The molecule has 6 nitrogen and oxygen atoms in total. The molecule has 1 aromatic carbocycles. The zero-order valence-corrected chi connectivity index (χ0v) is 25.0. The largest absolute Gasteiger partial charge is 0.387 e. The average Bonchev–Trinajstić information content (AvgIpc) is 2.96. The maximum absolute atomic E-state index is 12.7. The van der Waals surface area contributed by atoms with Gasteiger partial charge in [0.1, 0.15) is 10.7 Å². The van der Waals surface area contributed by atoms with Gasteiger partial charge in [0.05, 0.1) is 6.10 Å². The Balaban J connectivity index is 0.00000201. The third-order valence-corrected chi connectivity index (χ3v) is 5.67. The van der Waals surface area contributed by atoms with Gasteiger partial charge in [-0.15, -0.1) is 0 Å². The Labute approximate surface area is 234 Å². The predicted octanol–water partition coefficient (Wildman–Crippen LogP) is 5.55. The number of likely N-dealkylation sites (N-methyl/N-ethyl adjacent to an activating group) is 1. The van der Waals surface area contributed by atoms with Gasteiger partial charge in [-0.1, -0.05) is 89.0 Å². The van der Waals surface area contributed by atoms with Gasteiger partial charge < -0.3 is 26.0 Å². The van der Waals surface area contributed by atoms with Gasteiger partial charge in [0.25, 0.3) is 5.91 Å². The quantitative estimate of drug-likeness (QED) is 0.183. The summed E-state index contributed by atoms with van der Waals surface area (Å²) in [4.78, 5) is 14.3. The number of alkyl halides is 1. The maximum atomic E-state index is 12.7. The van der Waals surface area contributed by atoms with Crippen LogP contribution in [-0.4, -0.2) is 60.7 Å². The van der Waals surface area contributed by atoms with E-state index >= 15 is 0 Å². The molecule has 4 N–H and O–H groups in total. The number of hydrogen-bond acceptors (Lipinski definition) is 5. The smallest absolute Gasteiger partial charge is 0.253 e. The summed E-state index contributed by atoms with van der Waals surface area (Å²) in [5, 5.41) is 20.1. The fourth-order valence-electron chi connectivity index (χ4n) is 3.29. The molecule has 0 fully saturated rings. The Morgan fingerprint density at radius 3 is 2.32 bits per heavy atom. The molecular weight excluding hydrogens is 507 g/mol. The van der Waals surface area contributed by atoms with E-state index in [1.807, 2.05) is 90.2 Å². The maximum Gasteiger partial charge on any atom is 0.253 e. The number of dihydropyridines is 2. The lowest BCUT2D eigenvalue weighted by Crippen LogP contribution is -2.33. The van der Waals surface area contributed by atoms with Crippen LogP contribution in [-0.2, 0) is 6.42 Å². The molecule has 2 aliphatic rings. The summed E-state index contributed by atoms with van der Waals surface area (Å²) >= 11 is 11.8. The molecule has 2 heterocycles. The first kappa shape index (κ1) is 34.8. The van der Waals surface area contributed by atoms with Crippen LogP contribution >= 0.6 is 23.2 Å². The molecule has 0 spiro atoms. The van der Waals surface area contributed by atoms with Crippen molar-refractivity contribution in [2.45, 2.75) is 59.6 Å². The summed E-state index contributed by atoms with van der Waals surface area (Å²) in [6.45, 7) is 14.3. The SMILES string of the molecule is CC.CC.CC.CN(CC1=CNC(Cl)C=C1)C(=O)c1ccc(CCNCC(O)C2=CC=C(Cl)NC2)cc1. The monoisotopic (exact) mass is 552 g/mol. The highest BCUT2D eigenvalue weighted by Gasteiger charge is 2.15. The van der Waals surface area contributed by atoms with E-state index in [0.717, 1.165) is 29.7 Å². The number of carbonyl (C=O) groups is 1. The minimum absolute atomic E-state index is 0.0291. The molecule has 208 valence electrons. The van der Waals surface area contributed by atoms with Gasteiger partial charge in [-0.2, -0.15) is 0 Å². The summed E-state index contributed by atoms with van der Waals surface area (Å²) in [6, 6.07) is 7.66. The highest BCUT2D eigenvalue weighted by Crippen LogP contribution is 2.12. The zero-order chi connectivity index (χ0) is 28.2. The van der Waals surface area contributed by atoms with Crippen molar-refractivity contribution < 1.29 is 9.90 Å². The molecule has 1 amide bonds. The van der Waals surface area contributed by atoms with Crippen molar-refractivity contribution in [3.05, 3.63) is 82.2 Å². The molecule has 8 heteroatoms. The van der Waals surface area contributed by atoms with Crippen LogP contribution in [0.4, 0.5) is 0 Å². The van der Waals surface area contributed by atoms with Gasteiger partial charge in [0, 0.05) is 38.4 Å². The van der Waals surface area contributed by atoms with Crippen molar-refractivity contribution >= 4 is 29.1 Å². The number of halogens is 2. The summed E-state index contributed by atoms with van der Waals surface area (Å²) in [5.74, 6) is -0.0291. The number of allylic oxidation sites excluding steroid dienone is 2. The van der Waals surface area contributed by atoms with E-state index < -0.39 is 6.10 Å². The van der Waals surface area contributed by atoms with E-state index in [1.54, 1.807) is 18.0 Å². The van der Waals surface area contributed by atoms with Gasteiger partial charge in [0.2, 0.25) is 0 Å². The number of benzene rings is 1. The standard InChI is InChI=1S/C23H28Cl2N4O2.3C2H6/c1-29(15-17-4-8-21(24)27-12-17)23(31)18-5-2-16(3-6-18)10-11-26-14-20(30)19-7-9-22(25)28-13-19;3*1-2/h2-9,12,20-21,26-28,30H,10-11,13-15H2,1H3;3*1-2H3. The summed E-state index contributed by atoms with van der Waals surface area (Å²) in [7, 11) is 1.79. The average molecular weight is 554 g/mol. The lowest BCUT2D eigenvalue weighted by molar-refractivity contribution is 0.0807. The highest BCUT2D eigenvalue weighted by atomic mass is 35.5. The predicted molar refractivity (Wildman–Crippen MR) is 160 cm³/mol. The molecule has 0 aliphatic carbocycles. The Bertz CT molecular complexity index is 896. The number of rotatable bonds is 9. The number of nitrogens with zero attached hydrogens (tertiary/aromatic N) is 1. The van der Waals surface area contributed by atoms with Crippen LogP contribution in [0.25, 0.3) is 0 Å². The van der Waals surface area contributed by atoms with Crippen molar-refractivity contribution in [2.24, 2.45) is 0 Å². The third kappa shape index (κ3) is 13.2. The molecule has 37 heavy (non-hydrogen) atoms. The molecule has 0 aromatic heterocycles. The van der Waals surface area contributed by atoms with E-state index in [9.17, 15) is 9.90 Å². The van der Waals surface area contributed by atoms with Gasteiger partial charge in [-0.25, -0.2) is 0 Å². The van der Waals surface area contributed by atoms with Crippen molar-refractivity contribution in [1.82, 2.24) is 20.9 Å². The second kappa shape index (κ2) is 20.8. The van der Waals surface area contributed by atoms with Crippen LogP contribution < -0.4 is 16.0 Å². The van der Waals surface area contributed by atoms with E-state index in [0.29, 0.717) is 30.4 Å². The Hall–Kier alpha value is -2.25. The Kier molecular flexibility index (Phi) is 19.5. The van der Waals surface area contributed by atoms with Crippen molar-refractivity contribution in [2.75, 3.05) is 33.2 Å². The molecule has 0 radical (unpaired) electrons. The molecule has 0 saturated heterocycles. The van der Waals surface area contributed by atoms with Crippen LogP contribution in [0.2, 0.25) is 0 Å². The fourth-order valence-corrected chi connectivity index (χ4v) is 3.56. The second-order valence-corrected chi connectivity index (χ2v) is 8.46.